The molecule has 0 saturated heterocycles. The van der Waals surface area contributed by atoms with E-state index >= 15 is 0 Å². The topological polar surface area (TPSA) is 26.0 Å². The van der Waals surface area contributed by atoms with Gasteiger partial charge < -0.3 is 5.73 Å². The van der Waals surface area contributed by atoms with Crippen molar-refractivity contribution in [3.63, 3.8) is 0 Å². The van der Waals surface area contributed by atoms with Crippen LogP contribution in [0.4, 0.5) is 0 Å². The van der Waals surface area contributed by atoms with Crippen LogP contribution in [-0.2, 0) is 0 Å². The first-order valence-corrected chi connectivity index (χ1v) is 8.24. The molecule has 1 heterocycles. The van der Waals surface area contributed by atoms with E-state index in [2.05, 4.69) is 35.8 Å². The number of hydrogen-bond acceptors (Lipinski definition) is 2. The molecule has 0 amide bonds. The molecule has 2 N–H and O–H groups in total. The lowest BCUT2D eigenvalue weighted by Crippen LogP contribution is -2.26. The van der Waals surface area contributed by atoms with Crippen LogP contribution in [0, 0.1) is 18.8 Å². The van der Waals surface area contributed by atoms with Gasteiger partial charge in [-0.25, -0.2) is 0 Å². The molecule has 96 valence electrons. The molecule has 1 aliphatic carbocycles. The predicted octanol–water partition coefficient (Wildman–Crippen LogP) is 5.04. The van der Waals surface area contributed by atoms with E-state index in [1.165, 1.54) is 46.3 Å². The third-order valence-corrected chi connectivity index (χ3v) is 6.35. The highest BCUT2D eigenvalue weighted by Crippen LogP contribution is 2.40. The summed E-state index contributed by atoms with van der Waals surface area (Å²) in [4.78, 5) is 1.36. The van der Waals surface area contributed by atoms with Gasteiger partial charge in [0.05, 0.1) is 3.79 Å². The van der Waals surface area contributed by atoms with Gasteiger partial charge in [0, 0.05) is 10.9 Å². The number of halogens is 1. The largest absolute Gasteiger partial charge is 0.323 e. The van der Waals surface area contributed by atoms with Gasteiger partial charge in [0.25, 0.3) is 0 Å². The Morgan fingerprint density at radius 2 is 2.29 bits per heavy atom. The first-order chi connectivity index (χ1) is 8.11. The summed E-state index contributed by atoms with van der Waals surface area (Å²) in [5, 5.41) is 0. The summed E-state index contributed by atoms with van der Waals surface area (Å²) in [6, 6.07) is 2.51. The van der Waals surface area contributed by atoms with Crippen LogP contribution in [-0.4, -0.2) is 0 Å². The molecule has 0 aliphatic heterocycles. The number of nitrogens with two attached hydrogens (primary N) is 1. The molecule has 1 aromatic rings. The predicted molar refractivity (Wildman–Crippen MR) is 79.4 cm³/mol. The normalized spacial score (nSPS) is 27.1. The molecule has 3 atom stereocenters. The van der Waals surface area contributed by atoms with Crippen LogP contribution >= 0.6 is 27.3 Å². The molecule has 0 bridgehead atoms. The first kappa shape index (κ1) is 13.6. The standard InChI is InChI=1S/C14H22BrNS/c1-3-10-5-4-6-11(8-10)13(16)12-7-9(2)14(15)17-12/h7,10-11,13H,3-6,8,16H2,1-2H3. The molecule has 2 rings (SSSR count). The highest BCUT2D eigenvalue weighted by Gasteiger charge is 2.27. The third kappa shape index (κ3) is 3.12. The molecule has 0 spiro atoms. The maximum atomic E-state index is 6.46. The Labute approximate surface area is 117 Å². The number of rotatable bonds is 3. The van der Waals surface area contributed by atoms with Gasteiger partial charge in [-0.15, -0.1) is 11.3 Å². The zero-order valence-corrected chi connectivity index (χ0v) is 13.1. The first-order valence-electron chi connectivity index (χ1n) is 6.63. The van der Waals surface area contributed by atoms with Crippen molar-refractivity contribution < 1.29 is 0 Å². The van der Waals surface area contributed by atoms with Crippen molar-refractivity contribution >= 4 is 27.3 Å². The van der Waals surface area contributed by atoms with E-state index in [0.717, 1.165) is 5.92 Å². The van der Waals surface area contributed by atoms with Gasteiger partial charge in [-0.1, -0.05) is 26.2 Å². The Hall–Kier alpha value is 0.140. The molecule has 1 nitrogen and oxygen atoms in total. The molecule has 3 heteroatoms. The summed E-state index contributed by atoms with van der Waals surface area (Å²) < 4.78 is 1.24. The summed E-state index contributed by atoms with van der Waals surface area (Å²) in [6.07, 6.45) is 6.73. The van der Waals surface area contributed by atoms with E-state index < -0.39 is 0 Å². The minimum atomic E-state index is 0.249. The van der Waals surface area contributed by atoms with Crippen molar-refractivity contribution in [2.75, 3.05) is 0 Å². The number of hydrogen-bond donors (Lipinski definition) is 1. The zero-order chi connectivity index (χ0) is 12.4. The summed E-state index contributed by atoms with van der Waals surface area (Å²) in [5.74, 6) is 1.60. The van der Waals surface area contributed by atoms with Gasteiger partial charge in [0.15, 0.2) is 0 Å². The van der Waals surface area contributed by atoms with E-state index in [0.29, 0.717) is 5.92 Å². The quantitative estimate of drug-likeness (QED) is 0.831. The monoisotopic (exact) mass is 315 g/mol. The van der Waals surface area contributed by atoms with Gasteiger partial charge in [-0.3, -0.25) is 0 Å². The second kappa shape index (κ2) is 5.85. The Bertz CT molecular complexity index is 355. The molecule has 1 saturated carbocycles. The average molecular weight is 316 g/mol. The Morgan fingerprint density at radius 1 is 1.53 bits per heavy atom. The zero-order valence-electron chi connectivity index (χ0n) is 10.7. The van der Waals surface area contributed by atoms with E-state index in [1.807, 2.05) is 11.3 Å². The van der Waals surface area contributed by atoms with E-state index in [4.69, 9.17) is 5.73 Å². The summed E-state index contributed by atoms with van der Waals surface area (Å²) in [6.45, 7) is 4.46. The lowest BCUT2D eigenvalue weighted by molar-refractivity contribution is 0.232. The van der Waals surface area contributed by atoms with Crippen molar-refractivity contribution in [2.24, 2.45) is 17.6 Å². The Morgan fingerprint density at radius 3 is 2.88 bits per heavy atom. The second-order valence-corrected chi connectivity index (χ2v) is 7.73. The molecule has 1 fully saturated rings. The molecule has 0 radical (unpaired) electrons. The van der Waals surface area contributed by atoms with Crippen LogP contribution in [0.1, 0.15) is 55.5 Å². The Balaban J connectivity index is 2.06. The lowest BCUT2D eigenvalue weighted by atomic mass is 9.77. The number of thiophene rings is 1. The molecular formula is C14H22BrNS. The summed E-state index contributed by atoms with van der Waals surface area (Å²) >= 11 is 5.41. The minimum Gasteiger partial charge on any atom is -0.323 e. The van der Waals surface area contributed by atoms with Crippen LogP contribution < -0.4 is 5.73 Å². The third-order valence-electron chi connectivity index (χ3n) is 4.11. The van der Waals surface area contributed by atoms with Crippen molar-refractivity contribution in [3.05, 3.63) is 20.3 Å². The fourth-order valence-electron chi connectivity index (χ4n) is 2.91. The molecule has 1 aliphatic rings. The van der Waals surface area contributed by atoms with Crippen LogP contribution in [0.25, 0.3) is 0 Å². The summed E-state index contributed by atoms with van der Waals surface area (Å²) in [5.41, 5.74) is 7.78. The van der Waals surface area contributed by atoms with Crippen molar-refractivity contribution in [1.29, 1.82) is 0 Å². The van der Waals surface area contributed by atoms with Crippen LogP contribution in [0.2, 0.25) is 0 Å². The molecule has 17 heavy (non-hydrogen) atoms. The van der Waals surface area contributed by atoms with E-state index in [9.17, 15) is 0 Å². The maximum absolute atomic E-state index is 6.46. The molecule has 0 aromatic carbocycles. The van der Waals surface area contributed by atoms with E-state index in [-0.39, 0.29) is 6.04 Å². The molecule has 1 aromatic heterocycles. The van der Waals surface area contributed by atoms with Crippen molar-refractivity contribution in [2.45, 2.75) is 52.0 Å². The average Bonchev–Trinajstić information content (AvgIpc) is 2.69. The highest BCUT2D eigenvalue weighted by molar-refractivity contribution is 9.11. The second-order valence-electron chi connectivity index (χ2n) is 5.33. The van der Waals surface area contributed by atoms with Gasteiger partial charge >= 0.3 is 0 Å². The van der Waals surface area contributed by atoms with Crippen LogP contribution in [0.5, 0.6) is 0 Å². The SMILES string of the molecule is CCC1CCCC(C(N)c2cc(C)c(Br)s2)C1. The smallest absolute Gasteiger partial charge is 0.0731 e. The molecule has 3 unspecified atom stereocenters. The van der Waals surface area contributed by atoms with E-state index in [1.54, 1.807) is 0 Å². The fourth-order valence-corrected chi connectivity index (χ4v) is 4.58. The maximum Gasteiger partial charge on any atom is 0.0731 e. The van der Waals surface area contributed by atoms with Crippen LogP contribution in [0.15, 0.2) is 9.85 Å². The lowest BCUT2D eigenvalue weighted by Gasteiger charge is -2.32. The minimum absolute atomic E-state index is 0.249. The van der Waals surface area contributed by atoms with Crippen LogP contribution in [0.3, 0.4) is 0 Å². The molecular weight excluding hydrogens is 294 g/mol. The van der Waals surface area contributed by atoms with Crippen molar-refractivity contribution in [1.82, 2.24) is 0 Å². The van der Waals surface area contributed by atoms with Gasteiger partial charge in [-0.05, 0) is 59.2 Å². The number of aryl methyl sites for hydroxylation is 1. The summed E-state index contributed by atoms with van der Waals surface area (Å²) in [7, 11) is 0. The van der Waals surface area contributed by atoms with Gasteiger partial charge in [0.2, 0.25) is 0 Å². The van der Waals surface area contributed by atoms with Gasteiger partial charge in [0.1, 0.15) is 0 Å². The van der Waals surface area contributed by atoms with Gasteiger partial charge in [-0.2, -0.15) is 0 Å². The highest BCUT2D eigenvalue weighted by atomic mass is 79.9. The van der Waals surface area contributed by atoms with Crippen molar-refractivity contribution in [3.8, 4) is 0 Å². The fraction of sp³-hybridized carbons (Fsp3) is 0.714. The Kier molecular flexibility index (Phi) is 4.67.